The van der Waals surface area contributed by atoms with Gasteiger partial charge in [-0.2, -0.15) is 0 Å². The topological polar surface area (TPSA) is 46.2 Å². The highest BCUT2D eigenvalue weighted by molar-refractivity contribution is 5.35. The van der Waals surface area contributed by atoms with Crippen molar-refractivity contribution in [1.29, 1.82) is 0 Å². The van der Waals surface area contributed by atoms with E-state index in [0.717, 1.165) is 5.56 Å². The van der Waals surface area contributed by atoms with Crippen LogP contribution in [0.4, 0.5) is 0 Å². The van der Waals surface area contributed by atoms with Gasteiger partial charge in [-0.05, 0) is 37.0 Å². The largest absolute Gasteiger partial charge is 0.396 e. The third-order valence-electron chi connectivity index (χ3n) is 2.49. The van der Waals surface area contributed by atoms with Crippen LogP contribution in [0.1, 0.15) is 29.2 Å². The first-order valence-corrected chi connectivity index (χ1v) is 4.59. The monoisotopic (exact) mass is 179 g/mol. The number of benzene rings is 1. The molecule has 0 saturated carbocycles. The number of hydrogen-bond acceptors (Lipinski definition) is 2. The molecule has 2 heteroatoms. The lowest BCUT2D eigenvalue weighted by Gasteiger charge is -2.14. The van der Waals surface area contributed by atoms with Crippen molar-refractivity contribution in [3.05, 3.63) is 34.9 Å². The van der Waals surface area contributed by atoms with Gasteiger partial charge < -0.3 is 10.8 Å². The zero-order valence-electron chi connectivity index (χ0n) is 8.25. The number of aryl methyl sites for hydroxylation is 1. The van der Waals surface area contributed by atoms with E-state index in [0.29, 0.717) is 6.42 Å². The minimum absolute atomic E-state index is 0.0371. The molecular formula is C11H17NO. The summed E-state index contributed by atoms with van der Waals surface area (Å²) in [6.45, 7) is 4.29. The van der Waals surface area contributed by atoms with Gasteiger partial charge in [-0.25, -0.2) is 0 Å². The highest BCUT2D eigenvalue weighted by atomic mass is 16.3. The fraction of sp³-hybridized carbons (Fsp3) is 0.455. The molecule has 3 N–H and O–H groups in total. The van der Waals surface area contributed by atoms with E-state index >= 15 is 0 Å². The molecule has 1 aromatic rings. The van der Waals surface area contributed by atoms with E-state index in [4.69, 9.17) is 10.8 Å². The lowest BCUT2D eigenvalue weighted by molar-refractivity contribution is 0.276. The van der Waals surface area contributed by atoms with Crippen molar-refractivity contribution in [2.45, 2.75) is 26.3 Å². The van der Waals surface area contributed by atoms with Gasteiger partial charge >= 0.3 is 0 Å². The summed E-state index contributed by atoms with van der Waals surface area (Å²) in [5.74, 6) is 0. The molecule has 1 aromatic carbocycles. The molecule has 0 aliphatic rings. The molecule has 13 heavy (non-hydrogen) atoms. The first kappa shape index (κ1) is 10.2. The van der Waals surface area contributed by atoms with Crippen molar-refractivity contribution in [3.8, 4) is 0 Å². The molecular weight excluding hydrogens is 162 g/mol. The van der Waals surface area contributed by atoms with Gasteiger partial charge in [0, 0.05) is 12.6 Å². The van der Waals surface area contributed by atoms with E-state index in [9.17, 15) is 0 Å². The average Bonchev–Trinajstić information content (AvgIpc) is 2.10. The third-order valence-corrected chi connectivity index (χ3v) is 2.49. The van der Waals surface area contributed by atoms with Crippen LogP contribution in [-0.2, 0) is 0 Å². The van der Waals surface area contributed by atoms with Gasteiger partial charge in [0.15, 0.2) is 0 Å². The second-order valence-corrected chi connectivity index (χ2v) is 3.41. The Morgan fingerprint density at radius 2 is 2.08 bits per heavy atom. The smallest absolute Gasteiger partial charge is 0.0449 e. The lowest BCUT2D eigenvalue weighted by Crippen LogP contribution is -2.13. The molecule has 0 heterocycles. The molecule has 2 nitrogen and oxygen atoms in total. The van der Waals surface area contributed by atoms with Crippen LogP contribution in [-0.4, -0.2) is 11.7 Å². The Kier molecular flexibility index (Phi) is 3.46. The van der Waals surface area contributed by atoms with Crippen molar-refractivity contribution < 1.29 is 5.11 Å². The van der Waals surface area contributed by atoms with E-state index < -0.39 is 0 Å². The van der Waals surface area contributed by atoms with Gasteiger partial charge in [0.1, 0.15) is 0 Å². The van der Waals surface area contributed by atoms with Crippen LogP contribution in [0.2, 0.25) is 0 Å². The fourth-order valence-corrected chi connectivity index (χ4v) is 1.47. The van der Waals surface area contributed by atoms with Crippen molar-refractivity contribution in [1.82, 2.24) is 0 Å². The van der Waals surface area contributed by atoms with E-state index in [-0.39, 0.29) is 12.6 Å². The van der Waals surface area contributed by atoms with Crippen LogP contribution in [0.15, 0.2) is 18.2 Å². The number of aliphatic hydroxyl groups excluding tert-OH is 1. The molecule has 0 radical (unpaired) electrons. The summed E-state index contributed by atoms with van der Waals surface area (Å²) in [4.78, 5) is 0. The van der Waals surface area contributed by atoms with Crippen LogP contribution in [0.3, 0.4) is 0 Å². The quantitative estimate of drug-likeness (QED) is 0.741. The normalized spacial score (nSPS) is 12.9. The predicted molar refractivity (Wildman–Crippen MR) is 54.5 cm³/mol. The zero-order chi connectivity index (χ0) is 9.84. The van der Waals surface area contributed by atoms with Gasteiger partial charge in [-0.3, -0.25) is 0 Å². The van der Waals surface area contributed by atoms with Crippen LogP contribution in [0.5, 0.6) is 0 Å². The first-order chi connectivity index (χ1) is 6.16. The fourth-order valence-electron chi connectivity index (χ4n) is 1.47. The molecule has 0 saturated heterocycles. The maximum absolute atomic E-state index is 8.78. The Morgan fingerprint density at radius 1 is 1.38 bits per heavy atom. The molecule has 0 aliphatic carbocycles. The van der Waals surface area contributed by atoms with Crippen molar-refractivity contribution in [2.24, 2.45) is 5.73 Å². The summed E-state index contributed by atoms with van der Waals surface area (Å²) in [5.41, 5.74) is 9.56. The molecule has 1 unspecified atom stereocenters. The predicted octanol–water partition coefficient (Wildman–Crippen LogP) is 1.69. The number of hydrogen-bond donors (Lipinski definition) is 2. The summed E-state index contributed by atoms with van der Waals surface area (Å²) in [7, 11) is 0. The van der Waals surface area contributed by atoms with Crippen molar-refractivity contribution in [3.63, 3.8) is 0 Å². The summed E-state index contributed by atoms with van der Waals surface area (Å²) in [5, 5.41) is 8.78. The molecule has 0 aliphatic heterocycles. The van der Waals surface area contributed by atoms with Gasteiger partial charge in [0.2, 0.25) is 0 Å². The van der Waals surface area contributed by atoms with Crippen LogP contribution >= 0.6 is 0 Å². The number of nitrogens with two attached hydrogens (primary N) is 1. The minimum Gasteiger partial charge on any atom is -0.396 e. The Bertz CT molecular complexity index is 283. The molecule has 0 aromatic heterocycles. The Morgan fingerprint density at radius 3 is 2.69 bits per heavy atom. The standard InChI is InChI=1S/C11H17NO/c1-8-4-3-5-10(9(8)2)11(12)6-7-13/h3-5,11,13H,6-7,12H2,1-2H3. The maximum atomic E-state index is 8.78. The molecule has 0 fully saturated rings. The lowest BCUT2D eigenvalue weighted by atomic mass is 9.96. The third kappa shape index (κ3) is 2.29. The van der Waals surface area contributed by atoms with Crippen LogP contribution in [0, 0.1) is 13.8 Å². The number of aliphatic hydroxyl groups is 1. The SMILES string of the molecule is Cc1cccc(C(N)CCO)c1C. The maximum Gasteiger partial charge on any atom is 0.0449 e. The van der Waals surface area contributed by atoms with Gasteiger partial charge in [0.25, 0.3) is 0 Å². The Balaban J connectivity index is 2.93. The van der Waals surface area contributed by atoms with E-state index in [1.54, 1.807) is 0 Å². The molecule has 1 rings (SSSR count). The molecule has 0 amide bonds. The van der Waals surface area contributed by atoms with Crippen molar-refractivity contribution in [2.75, 3.05) is 6.61 Å². The summed E-state index contributed by atoms with van der Waals surface area (Å²) in [6.07, 6.45) is 0.629. The van der Waals surface area contributed by atoms with Crippen LogP contribution in [0.25, 0.3) is 0 Å². The second kappa shape index (κ2) is 4.40. The van der Waals surface area contributed by atoms with Gasteiger partial charge in [0.05, 0.1) is 0 Å². The minimum atomic E-state index is -0.0371. The van der Waals surface area contributed by atoms with Gasteiger partial charge in [-0.15, -0.1) is 0 Å². The zero-order valence-corrected chi connectivity index (χ0v) is 8.25. The molecule has 0 bridgehead atoms. The molecule has 0 spiro atoms. The summed E-state index contributed by atoms with van der Waals surface area (Å²) < 4.78 is 0. The molecule has 1 atom stereocenters. The Hall–Kier alpha value is -0.860. The first-order valence-electron chi connectivity index (χ1n) is 4.59. The van der Waals surface area contributed by atoms with Crippen LogP contribution < -0.4 is 5.73 Å². The van der Waals surface area contributed by atoms with Gasteiger partial charge in [-0.1, -0.05) is 18.2 Å². The number of rotatable bonds is 3. The second-order valence-electron chi connectivity index (χ2n) is 3.41. The Labute approximate surface area is 79.4 Å². The van der Waals surface area contributed by atoms with E-state index in [2.05, 4.69) is 19.9 Å². The van der Waals surface area contributed by atoms with E-state index in [1.807, 2.05) is 12.1 Å². The summed E-state index contributed by atoms with van der Waals surface area (Å²) in [6, 6.07) is 6.08. The average molecular weight is 179 g/mol. The summed E-state index contributed by atoms with van der Waals surface area (Å²) >= 11 is 0. The van der Waals surface area contributed by atoms with E-state index in [1.165, 1.54) is 11.1 Å². The molecule has 72 valence electrons. The van der Waals surface area contributed by atoms with Crippen molar-refractivity contribution >= 4 is 0 Å². The highest BCUT2D eigenvalue weighted by Crippen LogP contribution is 2.20. The highest BCUT2D eigenvalue weighted by Gasteiger charge is 2.08.